The number of hydrogen-bond donors (Lipinski definition) is 1. The number of fused-ring (bicyclic) bond motifs is 1. The minimum absolute atomic E-state index is 0.0172. The predicted molar refractivity (Wildman–Crippen MR) is 100 cm³/mol. The van der Waals surface area contributed by atoms with Gasteiger partial charge in [-0.2, -0.15) is 5.26 Å². The number of H-pyrrole nitrogens is 1. The molecule has 0 saturated heterocycles. The summed E-state index contributed by atoms with van der Waals surface area (Å²) in [5, 5.41) is 9.69. The number of benzene rings is 1. The summed E-state index contributed by atoms with van der Waals surface area (Å²) < 4.78 is 11.6. The first kappa shape index (κ1) is 18.5. The van der Waals surface area contributed by atoms with E-state index in [0.717, 1.165) is 11.8 Å². The minimum atomic E-state index is -0.401. The number of nitrogens with zero attached hydrogens (tertiary/aromatic N) is 3. The van der Waals surface area contributed by atoms with Gasteiger partial charge >= 0.3 is 5.97 Å². The second kappa shape index (κ2) is 7.97. The van der Waals surface area contributed by atoms with Gasteiger partial charge in [0, 0.05) is 11.9 Å². The lowest BCUT2D eigenvalue weighted by Gasteiger charge is -2.06. The molecule has 1 aromatic carbocycles. The Kier molecular flexibility index (Phi) is 5.47. The van der Waals surface area contributed by atoms with Crippen molar-refractivity contribution < 1.29 is 14.3 Å². The molecular weight excluding hydrogens is 368 g/mol. The monoisotopic (exact) mass is 384 g/mol. The van der Waals surface area contributed by atoms with Crippen molar-refractivity contribution in [3.05, 3.63) is 46.4 Å². The number of hydrogen-bond acceptors (Lipinski definition) is 7. The van der Waals surface area contributed by atoms with Gasteiger partial charge in [-0.25, -0.2) is 4.98 Å². The molecule has 0 radical (unpaired) electrons. The molecule has 3 aromatic rings. The minimum Gasteiger partial charge on any atom is -0.497 e. The molecule has 2 heterocycles. The second-order valence-corrected chi connectivity index (χ2v) is 6.35. The Morgan fingerprint density at radius 3 is 2.74 bits per heavy atom. The Balaban J connectivity index is 2.04. The van der Waals surface area contributed by atoms with Crippen molar-refractivity contribution in [1.82, 2.24) is 14.5 Å². The van der Waals surface area contributed by atoms with E-state index in [1.54, 1.807) is 49.1 Å². The van der Waals surface area contributed by atoms with Crippen LogP contribution in [0.1, 0.15) is 12.5 Å². The zero-order valence-electron chi connectivity index (χ0n) is 14.7. The summed E-state index contributed by atoms with van der Waals surface area (Å²) >= 11 is 1.05. The summed E-state index contributed by atoms with van der Waals surface area (Å²) in [5.41, 5.74) is 1.11. The summed E-state index contributed by atoms with van der Waals surface area (Å²) in [6.07, 6.45) is 1.56. The fourth-order valence-electron chi connectivity index (χ4n) is 2.54. The van der Waals surface area contributed by atoms with Gasteiger partial charge in [-0.1, -0.05) is 11.8 Å². The topological polar surface area (TPSA) is 110 Å². The predicted octanol–water partition coefficient (Wildman–Crippen LogP) is 2.25. The Hall–Kier alpha value is -3.25. The van der Waals surface area contributed by atoms with Crippen LogP contribution in [0.4, 0.5) is 0 Å². The van der Waals surface area contributed by atoms with Crippen LogP contribution < -0.4 is 10.3 Å². The van der Waals surface area contributed by atoms with Crippen LogP contribution in [0.2, 0.25) is 0 Å². The molecule has 0 bridgehead atoms. The molecule has 2 aromatic heterocycles. The molecule has 9 heteroatoms. The zero-order valence-corrected chi connectivity index (χ0v) is 15.5. The van der Waals surface area contributed by atoms with Gasteiger partial charge in [0.05, 0.1) is 25.0 Å². The lowest BCUT2D eigenvalue weighted by Crippen LogP contribution is -2.13. The molecule has 0 spiro atoms. The number of esters is 1. The first-order valence-corrected chi connectivity index (χ1v) is 9.04. The molecule has 0 atom stereocenters. The molecule has 0 amide bonds. The Morgan fingerprint density at radius 2 is 2.11 bits per heavy atom. The molecule has 27 heavy (non-hydrogen) atoms. The molecule has 8 nitrogen and oxygen atoms in total. The lowest BCUT2D eigenvalue weighted by molar-refractivity contribution is -0.139. The molecule has 138 valence electrons. The van der Waals surface area contributed by atoms with Crippen LogP contribution in [-0.4, -0.2) is 40.0 Å². The maximum Gasteiger partial charge on any atom is 0.316 e. The van der Waals surface area contributed by atoms with Gasteiger partial charge in [-0.15, -0.1) is 0 Å². The summed E-state index contributed by atoms with van der Waals surface area (Å²) in [6, 6.07) is 9.15. The number of thioether (sulfide) groups is 1. The van der Waals surface area contributed by atoms with Gasteiger partial charge in [0.2, 0.25) is 0 Å². The number of aromatic nitrogens is 3. The molecule has 0 unspecified atom stereocenters. The van der Waals surface area contributed by atoms with E-state index in [1.807, 2.05) is 0 Å². The van der Waals surface area contributed by atoms with Crippen LogP contribution in [0, 0.1) is 11.3 Å². The normalized spacial score (nSPS) is 10.6. The Labute approximate surface area is 158 Å². The number of nitrogens with one attached hydrogen (secondary N) is 1. The fraction of sp³-hybridized carbons (Fsp3) is 0.222. The van der Waals surface area contributed by atoms with Crippen LogP contribution in [-0.2, 0) is 9.53 Å². The quantitative estimate of drug-likeness (QED) is 0.394. The number of carbonyl (C=O) groups is 1. The van der Waals surface area contributed by atoms with Crippen LogP contribution in [0.15, 0.2) is 40.4 Å². The van der Waals surface area contributed by atoms with Crippen molar-refractivity contribution in [3.63, 3.8) is 0 Å². The third kappa shape index (κ3) is 3.80. The van der Waals surface area contributed by atoms with E-state index in [-0.39, 0.29) is 34.1 Å². The molecule has 0 saturated carbocycles. The third-order valence-electron chi connectivity index (χ3n) is 3.73. The third-order valence-corrected chi connectivity index (χ3v) is 4.58. The highest BCUT2D eigenvalue weighted by molar-refractivity contribution is 7.99. The highest BCUT2D eigenvalue weighted by atomic mass is 32.2. The van der Waals surface area contributed by atoms with E-state index < -0.39 is 11.5 Å². The maximum absolute atomic E-state index is 12.6. The van der Waals surface area contributed by atoms with Crippen molar-refractivity contribution in [1.29, 1.82) is 5.26 Å². The first-order valence-electron chi connectivity index (χ1n) is 8.05. The number of aromatic amines is 1. The first-order chi connectivity index (χ1) is 13.1. The van der Waals surface area contributed by atoms with Crippen molar-refractivity contribution in [3.8, 4) is 17.5 Å². The number of methoxy groups -OCH3 is 1. The van der Waals surface area contributed by atoms with Crippen LogP contribution >= 0.6 is 11.8 Å². The molecule has 1 N–H and O–H groups in total. The highest BCUT2D eigenvalue weighted by Gasteiger charge is 2.17. The summed E-state index contributed by atoms with van der Waals surface area (Å²) in [7, 11) is 1.57. The highest BCUT2D eigenvalue weighted by Crippen LogP contribution is 2.24. The van der Waals surface area contributed by atoms with Gasteiger partial charge in [0.1, 0.15) is 22.9 Å². The van der Waals surface area contributed by atoms with Gasteiger partial charge in [0.25, 0.3) is 5.56 Å². The van der Waals surface area contributed by atoms with E-state index in [9.17, 15) is 14.9 Å². The van der Waals surface area contributed by atoms with E-state index in [2.05, 4.69) is 16.0 Å². The molecular formula is C18H16N4O4S. The standard InChI is InChI=1S/C18H16N4O4S/c1-3-26-14(23)10-27-18-20-15-11(8-19)9-22(16(15)17(24)21-18)12-4-6-13(25-2)7-5-12/h4-7,9H,3,10H2,1-2H3,(H,20,21,24). The van der Waals surface area contributed by atoms with Gasteiger partial charge in [0.15, 0.2) is 5.16 Å². The number of carbonyl (C=O) groups excluding carboxylic acids is 1. The largest absolute Gasteiger partial charge is 0.497 e. The van der Waals surface area contributed by atoms with Crippen molar-refractivity contribution >= 4 is 28.8 Å². The van der Waals surface area contributed by atoms with Gasteiger partial charge in [-0.3, -0.25) is 14.6 Å². The van der Waals surface area contributed by atoms with Crippen LogP contribution in [0.3, 0.4) is 0 Å². The second-order valence-electron chi connectivity index (χ2n) is 5.38. The van der Waals surface area contributed by atoms with Crippen LogP contribution in [0.25, 0.3) is 16.7 Å². The Bertz CT molecular complexity index is 1080. The maximum atomic E-state index is 12.6. The SMILES string of the molecule is CCOC(=O)CSc1nc2c(C#N)cn(-c3ccc(OC)cc3)c2c(=O)[nH]1. The van der Waals surface area contributed by atoms with Crippen LogP contribution in [0.5, 0.6) is 5.75 Å². The lowest BCUT2D eigenvalue weighted by atomic mass is 10.3. The van der Waals surface area contributed by atoms with Crippen molar-refractivity contribution in [2.75, 3.05) is 19.5 Å². The van der Waals surface area contributed by atoms with E-state index in [4.69, 9.17) is 9.47 Å². The van der Waals surface area contributed by atoms with E-state index in [0.29, 0.717) is 11.4 Å². The van der Waals surface area contributed by atoms with Crippen molar-refractivity contribution in [2.24, 2.45) is 0 Å². The average Bonchev–Trinajstić information content (AvgIpc) is 3.06. The smallest absolute Gasteiger partial charge is 0.316 e. The van der Waals surface area contributed by atoms with E-state index in [1.165, 1.54) is 0 Å². The summed E-state index contributed by atoms with van der Waals surface area (Å²) in [6.45, 7) is 2.00. The molecule has 3 rings (SSSR count). The summed E-state index contributed by atoms with van der Waals surface area (Å²) in [4.78, 5) is 31.1. The molecule has 0 fully saturated rings. The summed E-state index contributed by atoms with van der Waals surface area (Å²) in [5.74, 6) is 0.297. The van der Waals surface area contributed by atoms with Crippen molar-refractivity contribution in [2.45, 2.75) is 12.1 Å². The zero-order chi connectivity index (χ0) is 19.4. The fourth-order valence-corrected chi connectivity index (χ4v) is 3.20. The molecule has 0 aliphatic heterocycles. The number of nitriles is 1. The Morgan fingerprint density at radius 1 is 1.37 bits per heavy atom. The number of rotatable bonds is 6. The number of ether oxygens (including phenoxy) is 2. The average molecular weight is 384 g/mol. The molecule has 0 aliphatic rings. The van der Waals surface area contributed by atoms with Gasteiger partial charge < -0.3 is 14.0 Å². The van der Waals surface area contributed by atoms with E-state index >= 15 is 0 Å². The molecule has 0 aliphatic carbocycles. The van der Waals surface area contributed by atoms with Gasteiger partial charge in [-0.05, 0) is 31.2 Å².